The van der Waals surface area contributed by atoms with Crippen LogP contribution in [-0.2, 0) is 0 Å². The molecule has 0 spiro atoms. The third kappa shape index (κ3) is 4.84. The van der Waals surface area contributed by atoms with E-state index in [1.54, 1.807) is 0 Å². The maximum atomic E-state index is 5.11. The number of hydrogen-bond donors (Lipinski definition) is 0. The molecule has 2 aromatic heterocycles. The van der Waals surface area contributed by atoms with Crippen LogP contribution in [0.5, 0.6) is 0 Å². The molecule has 0 aliphatic carbocycles. The van der Waals surface area contributed by atoms with Crippen LogP contribution >= 0.6 is 11.3 Å². The zero-order valence-corrected chi connectivity index (χ0v) is 29.3. The Hall–Kier alpha value is -6.75. The molecule has 2 heterocycles. The zero-order valence-electron chi connectivity index (χ0n) is 28.5. The number of fused-ring (bicyclic) bond motifs is 9. The molecule has 0 bridgehead atoms. The van der Waals surface area contributed by atoms with Gasteiger partial charge in [-0.15, -0.1) is 11.3 Å². The summed E-state index contributed by atoms with van der Waals surface area (Å²) in [5.74, 6) is 1.97. The highest BCUT2D eigenvalue weighted by Crippen LogP contribution is 2.48. The van der Waals surface area contributed by atoms with Crippen molar-refractivity contribution in [1.29, 1.82) is 0 Å². The summed E-state index contributed by atoms with van der Waals surface area (Å²) in [6.07, 6.45) is 0. The second kappa shape index (κ2) is 11.9. The topological polar surface area (TPSA) is 38.7 Å². The molecule has 4 heteroatoms. The van der Waals surface area contributed by atoms with Gasteiger partial charge in [-0.1, -0.05) is 158 Å². The van der Waals surface area contributed by atoms with Crippen molar-refractivity contribution >= 4 is 74.6 Å². The van der Waals surface area contributed by atoms with Gasteiger partial charge in [0.1, 0.15) is 0 Å². The van der Waals surface area contributed by atoms with E-state index in [1.165, 1.54) is 63.6 Å². The summed E-state index contributed by atoms with van der Waals surface area (Å²) in [7, 11) is 0. The van der Waals surface area contributed by atoms with Crippen LogP contribution in [0.1, 0.15) is 0 Å². The lowest BCUT2D eigenvalue weighted by molar-refractivity contribution is 1.08. The van der Waals surface area contributed by atoms with Crippen molar-refractivity contribution in [1.82, 2.24) is 15.0 Å². The third-order valence-corrected chi connectivity index (χ3v) is 11.6. The second-order valence-corrected chi connectivity index (χ2v) is 14.6. The lowest BCUT2D eigenvalue weighted by atomic mass is 9.89. The van der Waals surface area contributed by atoms with Crippen molar-refractivity contribution in [2.24, 2.45) is 0 Å². The normalized spacial score (nSPS) is 11.8. The molecule has 0 radical (unpaired) electrons. The van der Waals surface area contributed by atoms with E-state index in [-0.39, 0.29) is 0 Å². The van der Waals surface area contributed by atoms with Gasteiger partial charge in [-0.05, 0) is 67.0 Å². The van der Waals surface area contributed by atoms with Crippen molar-refractivity contribution < 1.29 is 0 Å². The Bertz CT molecular complexity index is 3160. The van der Waals surface area contributed by atoms with Crippen LogP contribution in [0.2, 0.25) is 0 Å². The van der Waals surface area contributed by atoms with Gasteiger partial charge in [0.05, 0.1) is 0 Å². The Kier molecular flexibility index (Phi) is 6.73. The molecule has 246 valence electrons. The molecule has 53 heavy (non-hydrogen) atoms. The Morgan fingerprint density at radius 3 is 1.58 bits per heavy atom. The first-order valence-electron chi connectivity index (χ1n) is 17.9. The minimum absolute atomic E-state index is 0.656. The molecule has 0 atom stereocenters. The van der Waals surface area contributed by atoms with E-state index in [2.05, 4.69) is 140 Å². The number of hydrogen-bond acceptors (Lipinski definition) is 4. The number of aromatic nitrogens is 3. The van der Waals surface area contributed by atoms with Gasteiger partial charge in [0.2, 0.25) is 0 Å². The number of benzene rings is 9. The summed E-state index contributed by atoms with van der Waals surface area (Å²) in [4.78, 5) is 15.2. The van der Waals surface area contributed by atoms with E-state index < -0.39 is 0 Å². The van der Waals surface area contributed by atoms with E-state index in [9.17, 15) is 0 Å². The summed E-state index contributed by atoms with van der Waals surface area (Å²) in [6, 6.07) is 62.7. The summed E-state index contributed by atoms with van der Waals surface area (Å²) >= 11 is 1.91. The molecule has 0 saturated carbocycles. The SMILES string of the molecule is c1ccc(-c2nc(-c3ccccc3)nc(-c3cccc4c(-c5cc6ccc7ccccc7c6c6sc7cc8ccccc8cc7c56)cccc34)n2)cc1. The van der Waals surface area contributed by atoms with Crippen LogP contribution < -0.4 is 0 Å². The Labute approximate surface area is 309 Å². The monoisotopic (exact) mass is 691 g/mol. The highest BCUT2D eigenvalue weighted by atomic mass is 32.1. The fourth-order valence-electron chi connectivity index (χ4n) is 8.00. The first kappa shape index (κ1) is 29.9. The predicted octanol–water partition coefficient (Wildman–Crippen LogP) is 13.5. The molecular weight excluding hydrogens is 663 g/mol. The maximum absolute atomic E-state index is 5.11. The van der Waals surface area contributed by atoms with Gasteiger partial charge in [-0.3, -0.25) is 0 Å². The third-order valence-electron chi connectivity index (χ3n) is 10.5. The quantitative estimate of drug-likeness (QED) is 0.172. The molecule has 11 aromatic rings. The molecule has 0 unspecified atom stereocenters. The molecule has 0 amide bonds. The molecule has 0 aliphatic rings. The molecule has 0 aliphatic heterocycles. The molecule has 0 fully saturated rings. The van der Waals surface area contributed by atoms with Crippen LogP contribution in [-0.4, -0.2) is 15.0 Å². The fraction of sp³-hybridized carbons (Fsp3) is 0. The average molecular weight is 692 g/mol. The lowest BCUT2D eigenvalue weighted by Gasteiger charge is -2.15. The highest BCUT2D eigenvalue weighted by molar-refractivity contribution is 7.27. The first-order valence-corrected chi connectivity index (χ1v) is 18.7. The standard InChI is InChI=1S/C49H29N3S/c1-3-14-31(15-4-1)47-50-48(32-16-5-2-6-17-32)52-49(51-47)40-24-12-21-37-38(40)22-11-23-39(37)41-28-35-26-25-30-13-9-10-20-36(30)44(35)46-45(41)42-27-33-18-7-8-19-34(33)29-43(42)53-46/h1-29H. The van der Waals surface area contributed by atoms with Crippen molar-refractivity contribution in [3.63, 3.8) is 0 Å². The van der Waals surface area contributed by atoms with Crippen LogP contribution in [0.3, 0.4) is 0 Å². The minimum Gasteiger partial charge on any atom is -0.208 e. The van der Waals surface area contributed by atoms with E-state index in [0.29, 0.717) is 17.5 Å². The summed E-state index contributed by atoms with van der Waals surface area (Å²) in [6.45, 7) is 0. The van der Waals surface area contributed by atoms with Crippen molar-refractivity contribution in [3.05, 3.63) is 176 Å². The number of rotatable bonds is 4. The second-order valence-electron chi connectivity index (χ2n) is 13.6. The Balaban J connectivity index is 1.21. The van der Waals surface area contributed by atoms with Crippen LogP contribution in [0.25, 0.3) is 109 Å². The average Bonchev–Trinajstić information content (AvgIpc) is 3.60. The Morgan fingerprint density at radius 2 is 0.868 bits per heavy atom. The molecule has 0 saturated heterocycles. The van der Waals surface area contributed by atoms with Gasteiger partial charge in [0, 0.05) is 42.2 Å². The van der Waals surface area contributed by atoms with Gasteiger partial charge < -0.3 is 0 Å². The summed E-state index contributed by atoms with van der Waals surface area (Å²) in [5, 5.41) is 12.5. The lowest BCUT2D eigenvalue weighted by Crippen LogP contribution is -2.00. The van der Waals surface area contributed by atoms with Gasteiger partial charge in [-0.2, -0.15) is 0 Å². The van der Waals surface area contributed by atoms with Gasteiger partial charge >= 0.3 is 0 Å². The Morgan fingerprint density at radius 1 is 0.321 bits per heavy atom. The van der Waals surface area contributed by atoms with E-state index in [0.717, 1.165) is 27.5 Å². The summed E-state index contributed by atoms with van der Waals surface area (Å²) < 4.78 is 2.62. The van der Waals surface area contributed by atoms with Crippen molar-refractivity contribution in [2.45, 2.75) is 0 Å². The van der Waals surface area contributed by atoms with E-state index >= 15 is 0 Å². The zero-order chi connectivity index (χ0) is 34.9. The first-order chi connectivity index (χ1) is 26.3. The highest BCUT2D eigenvalue weighted by Gasteiger charge is 2.20. The molecule has 0 N–H and O–H groups in total. The van der Waals surface area contributed by atoms with Gasteiger partial charge in [-0.25, -0.2) is 15.0 Å². The molecule has 3 nitrogen and oxygen atoms in total. The molecule has 11 rings (SSSR count). The van der Waals surface area contributed by atoms with Crippen molar-refractivity contribution in [3.8, 4) is 45.3 Å². The fourth-order valence-corrected chi connectivity index (χ4v) is 9.33. The molecular formula is C49H29N3S. The van der Waals surface area contributed by atoms with Gasteiger partial charge in [0.15, 0.2) is 17.5 Å². The maximum Gasteiger partial charge on any atom is 0.164 e. The van der Waals surface area contributed by atoms with Crippen LogP contribution in [0.15, 0.2) is 176 Å². The number of thiophene rings is 1. The largest absolute Gasteiger partial charge is 0.208 e. The molecule has 9 aromatic carbocycles. The van der Waals surface area contributed by atoms with Crippen LogP contribution in [0, 0.1) is 0 Å². The smallest absolute Gasteiger partial charge is 0.164 e. The predicted molar refractivity (Wildman–Crippen MR) is 224 cm³/mol. The van der Waals surface area contributed by atoms with E-state index in [4.69, 9.17) is 15.0 Å². The number of nitrogens with zero attached hydrogens (tertiary/aromatic N) is 3. The minimum atomic E-state index is 0.656. The van der Waals surface area contributed by atoms with E-state index in [1.807, 2.05) is 47.7 Å². The van der Waals surface area contributed by atoms with Crippen molar-refractivity contribution in [2.75, 3.05) is 0 Å². The summed E-state index contributed by atoms with van der Waals surface area (Å²) in [5.41, 5.74) is 5.32. The van der Waals surface area contributed by atoms with Gasteiger partial charge in [0.25, 0.3) is 0 Å². The van der Waals surface area contributed by atoms with Crippen LogP contribution in [0.4, 0.5) is 0 Å².